The van der Waals surface area contributed by atoms with Gasteiger partial charge in [0.1, 0.15) is 11.9 Å². The fraction of sp³-hybridized carbons (Fsp3) is 0.583. The molecule has 0 radical (unpaired) electrons. The second-order valence-corrected chi connectivity index (χ2v) is 14.0. The first-order chi connectivity index (χ1) is 19.5. The van der Waals surface area contributed by atoms with Crippen molar-refractivity contribution in [2.75, 3.05) is 29.3 Å². The number of alkyl halides is 3. The molecule has 2 N–H and O–H groups in total. The zero-order chi connectivity index (χ0) is 31.1. The molecule has 13 nitrogen and oxygen atoms in total. The fourth-order valence-corrected chi connectivity index (χ4v) is 6.93. The van der Waals surface area contributed by atoms with E-state index in [9.17, 15) is 34.8 Å². The quantitative estimate of drug-likeness (QED) is 0.377. The second-order valence-electron chi connectivity index (χ2n) is 10.2. The molecule has 1 atom stereocenters. The van der Waals surface area contributed by atoms with Crippen molar-refractivity contribution in [1.82, 2.24) is 14.5 Å². The number of fused-ring (bicyclic) bond motifs is 1. The Kier molecular flexibility index (Phi) is 8.63. The molecular formula is C24H32F3N5O8S2. The molecule has 18 heteroatoms. The lowest BCUT2D eigenvalue weighted by Crippen LogP contribution is -2.48. The van der Waals surface area contributed by atoms with E-state index in [1.54, 1.807) is 13.8 Å². The first-order valence-corrected chi connectivity index (χ1v) is 16.1. The summed E-state index contributed by atoms with van der Waals surface area (Å²) in [5, 5.41) is 5.84. The van der Waals surface area contributed by atoms with Crippen LogP contribution in [0.3, 0.4) is 0 Å². The number of nitrogens with one attached hydrogen (secondary N) is 2. The highest BCUT2D eigenvalue weighted by atomic mass is 32.2. The van der Waals surface area contributed by atoms with Crippen LogP contribution in [0.4, 0.5) is 29.3 Å². The molecule has 1 aromatic carbocycles. The van der Waals surface area contributed by atoms with Gasteiger partial charge in [0.25, 0.3) is 15.9 Å². The Labute approximate surface area is 241 Å². The van der Waals surface area contributed by atoms with Gasteiger partial charge in [0.15, 0.2) is 4.90 Å². The summed E-state index contributed by atoms with van der Waals surface area (Å²) in [6.45, 7) is 4.67. The van der Waals surface area contributed by atoms with Gasteiger partial charge < -0.3 is 14.2 Å². The maximum absolute atomic E-state index is 14.0. The Hall–Kier alpha value is -3.25. The summed E-state index contributed by atoms with van der Waals surface area (Å²) in [6.07, 6.45) is -4.85. The number of ether oxygens (including phenoxy) is 3. The van der Waals surface area contributed by atoms with Crippen LogP contribution in [0.2, 0.25) is 0 Å². The van der Waals surface area contributed by atoms with Crippen molar-refractivity contribution in [3.8, 4) is 11.6 Å². The monoisotopic (exact) mass is 639 g/mol. The Bertz CT molecular complexity index is 1540. The Morgan fingerprint density at radius 2 is 1.86 bits per heavy atom. The van der Waals surface area contributed by atoms with Gasteiger partial charge >= 0.3 is 12.3 Å². The molecule has 0 unspecified atom stereocenters. The topological polar surface area (TPSA) is 158 Å². The number of carbonyl (C=O) groups is 1. The number of amides is 1. The van der Waals surface area contributed by atoms with Crippen molar-refractivity contribution in [3.05, 3.63) is 24.4 Å². The maximum Gasteiger partial charge on any atom is 0.427 e. The number of nitrogens with zero attached hydrogens (tertiary/aromatic N) is 3. The number of halogens is 3. The van der Waals surface area contributed by atoms with Crippen molar-refractivity contribution < 1.29 is 49.0 Å². The smallest absolute Gasteiger partial charge is 0.427 e. The summed E-state index contributed by atoms with van der Waals surface area (Å²) in [6, 6.07) is 3.79. The van der Waals surface area contributed by atoms with Gasteiger partial charge in [0.2, 0.25) is 15.6 Å². The molecule has 1 aromatic heterocycles. The van der Waals surface area contributed by atoms with E-state index < -0.39 is 49.3 Å². The van der Waals surface area contributed by atoms with Crippen LogP contribution in [0.15, 0.2) is 29.3 Å². The van der Waals surface area contributed by atoms with E-state index in [1.807, 2.05) is 0 Å². The lowest BCUT2D eigenvalue weighted by atomic mass is 10.1. The summed E-state index contributed by atoms with van der Waals surface area (Å²) in [5.41, 5.74) is -2.93. The Morgan fingerprint density at radius 1 is 1.17 bits per heavy atom. The zero-order valence-corrected chi connectivity index (χ0v) is 24.9. The van der Waals surface area contributed by atoms with Gasteiger partial charge in [-0.25, -0.2) is 26.4 Å². The molecule has 2 heterocycles. The minimum Gasteiger partial charge on any atom is -0.485 e. The Morgan fingerprint density at radius 3 is 2.45 bits per heavy atom. The van der Waals surface area contributed by atoms with Crippen LogP contribution in [-0.2, 0) is 31.3 Å². The third-order valence-electron chi connectivity index (χ3n) is 6.51. The molecule has 0 saturated heterocycles. The molecule has 1 aliphatic heterocycles. The van der Waals surface area contributed by atoms with Crippen LogP contribution in [0, 0.1) is 0 Å². The number of benzene rings is 1. The first kappa shape index (κ1) is 31.7. The van der Waals surface area contributed by atoms with Crippen molar-refractivity contribution in [1.29, 1.82) is 0 Å². The van der Waals surface area contributed by atoms with Gasteiger partial charge in [0, 0.05) is 25.0 Å². The highest BCUT2D eigenvalue weighted by molar-refractivity contribution is 7.93. The van der Waals surface area contributed by atoms with Gasteiger partial charge in [-0.3, -0.25) is 14.3 Å². The van der Waals surface area contributed by atoms with Crippen molar-refractivity contribution in [2.45, 2.75) is 75.1 Å². The molecule has 1 saturated carbocycles. The molecule has 2 aromatic rings. The predicted octanol–water partition coefficient (Wildman–Crippen LogP) is 3.23. The van der Waals surface area contributed by atoms with E-state index in [-0.39, 0.29) is 47.6 Å². The van der Waals surface area contributed by atoms with E-state index in [4.69, 9.17) is 9.47 Å². The van der Waals surface area contributed by atoms with Crippen LogP contribution in [0.25, 0.3) is 0 Å². The molecular weight excluding hydrogens is 607 g/mol. The van der Waals surface area contributed by atoms with Crippen molar-refractivity contribution in [3.63, 3.8) is 0 Å². The average Bonchev–Trinajstić information content (AvgIpc) is 3.67. The lowest BCUT2D eigenvalue weighted by molar-refractivity contribution is -0.242. The molecule has 42 heavy (non-hydrogen) atoms. The number of rotatable bonds is 11. The molecule has 1 amide bonds. The number of hydrogen-bond donors (Lipinski definition) is 2. The van der Waals surface area contributed by atoms with E-state index in [1.165, 1.54) is 29.1 Å². The van der Waals surface area contributed by atoms with Crippen LogP contribution in [0.5, 0.6) is 11.6 Å². The standard InChI is InChI=1S/C24H32F3N5O8S2/c1-5-31-14-20(21(30-31)38-6-2)42(36,37)32-13-16(12-28-41(34,35)17-8-9-17)39-19-10-7-15(11-18(19)32)29-22(33)40-23(3,4)24(25,26)27/h7,10-11,14,16-17,28H,5-6,8-9,12-13H2,1-4H3,(H,29,33)/t16-/m0/s1. The molecule has 2 aliphatic rings. The normalized spacial score (nSPS) is 17.8. The van der Waals surface area contributed by atoms with E-state index in [2.05, 4.69) is 19.9 Å². The SMILES string of the molecule is CCOc1nn(CC)cc1S(=O)(=O)N1C[C@H](CNS(=O)(=O)C2CC2)Oc2ccc(NC(=O)OC(C)(C)C(F)(F)F)cc21. The molecule has 1 aliphatic carbocycles. The van der Waals surface area contributed by atoms with Gasteiger partial charge in [-0.2, -0.15) is 13.2 Å². The van der Waals surface area contributed by atoms with Gasteiger partial charge in [-0.15, -0.1) is 5.10 Å². The third-order valence-corrected chi connectivity index (χ3v) is 10.2. The summed E-state index contributed by atoms with van der Waals surface area (Å²) >= 11 is 0. The van der Waals surface area contributed by atoms with E-state index in [0.29, 0.717) is 33.2 Å². The molecule has 234 valence electrons. The average molecular weight is 640 g/mol. The molecule has 1 fully saturated rings. The summed E-state index contributed by atoms with van der Waals surface area (Å²) in [7, 11) is -8.03. The van der Waals surface area contributed by atoms with Crippen LogP contribution in [-0.4, -0.2) is 75.5 Å². The minimum absolute atomic E-state index is 0.0239. The van der Waals surface area contributed by atoms with Gasteiger partial charge in [0.05, 0.1) is 24.1 Å². The van der Waals surface area contributed by atoms with Crippen molar-refractivity contribution in [2.24, 2.45) is 0 Å². The lowest BCUT2D eigenvalue weighted by Gasteiger charge is -2.35. The number of aromatic nitrogens is 2. The van der Waals surface area contributed by atoms with Crippen LogP contribution >= 0.6 is 0 Å². The number of hydrogen-bond acceptors (Lipinski definition) is 9. The van der Waals surface area contributed by atoms with Gasteiger partial charge in [-0.05, 0) is 58.7 Å². The van der Waals surface area contributed by atoms with Crippen LogP contribution in [0.1, 0.15) is 40.5 Å². The molecule has 0 spiro atoms. The predicted molar refractivity (Wildman–Crippen MR) is 145 cm³/mol. The number of aryl methyl sites for hydroxylation is 1. The largest absolute Gasteiger partial charge is 0.485 e. The summed E-state index contributed by atoms with van der Waals surface area (Å²) in [4.78, 5) is 12.0. The third kappa shape index (κ3) is 6.70. The van der Waals surface area contributed by atoms with E-state index >= 15 is 0 Å². The minimum atomic E-state index is -4.84. The fourth-order valence-electron chi connectivity index (χ4n) is 3.94. The highest BCUT2D eigenvalue weighted by Crippen LogP contribution is 2.41. The van der Waals surface area contributed by atoms with Gasteiger partial charge in [-0.1, -0.05) is 0 Å². The first-order valence-electron chi connectivity index (χ1n) is 13.1. The maximum atomic E-state index is 14.0. The number of anilines is 2. The van der Waals surface area contributed by atoms with Crippen LogP contribution < -0.4 is 23.8 Å². The molecule has 4 rings (SSSR count). The summed E-state index contributed by atoms with van der Waals surface area (Å²) in [5.74, 6) is -0.124. The second kappa shape index (κ2) is 11.4. The van der Waals surface area contributed by atoms with Crippen molar-refractivity contribution >= 4 is 37.5 Å². The zero-order valence-electron chi connectivity index (χ0n) is 23.3. The molecule has 0 bridgehead atoms. The highest BCUT2D eigenvalue weighted by Gasteiger charge is 2.51. The number of sulfonamides is 2. The van der Waals surface area contributed by atoms with E-state index in [0.717, 1.165) is 4.31 Å². The summed E-state index contributed by atoms with van der Waals surface area (Å²) < 4.78 is 113. The number of carbonyl (C=O) groups excluding carboxylic acids is 1. The Balaban J connectivity index is 1.68.